The fourth-order valence-electron chi connectivity index (χ4n) is 2.31. The van der Waals surface area contributed by atoms with Gasteiger partial charge in [0, 0.05) is 13.1 Å². The number of aliphatic carboxylic acids is 1. The van der Waals surface area contributed by atoms with Crippen molar-refractivity contribution in [3.8, 4) is 0 Å². The lowest BCUT2D eigenvalue weighted by molar-refractivity contribution is -0.146. The molecule has 0 spiro atoms. The van der Waals surface area contributed by atoms with Gasteiger partial charge in [-0.25, -0.2) is 0 Å². The van der Waals surface area contributed by atoms with Crippen molar-refractivity contribution in [2.45, 2.75) is 39.2 Å². The van der Waals surface area contributed by atoms with E-state index in [9.17, 15) is 9.59 Å². The van der Waals surface area contributed by atoms with Crippen molar-refractivity contribution >= 4 is 11.9 Å². The van der Waals surface area contributed by atoms with E-state index in [0.29, 0.717) is 26.1 Å². The van der Waals surface area contributed by atoms with Gasteiger partial charge < -0.3 is 10.0 Å². The van der Waals surface area contributed by atoms with E-state index >= 15 is 0 Å². The lowest BCUT2D eigenvalue weighted by Gasteiger charge is -2.33. The molecule has 0 bridgehead atoms. The predicted octanol–water partition coefficient (Wildman–Crippen LogP) is 0.794. The Morgan fingerprint density at radius 2 is 1.94 bits per heavy atom. The minimum absolute atomic E-state index is 0.0307. The fraction of sp³-hybridized carbons (Fsp3) is 0.833. The third kappa shape index (κ3) is 3.70. The zero-order valence-corrected chi connectivity index (χ0v) is 10.7. The average molecular weight is 242 g/mol. The summed E-state index contributed by atoms with van der Waals surface area (Å²) in [6, 6.07) is -0.483. The standard InChI is InChI=1S/C12H22N2O3/c1-3-13(4-2)11(15)9-14-8-6-5-7-10(14)12(16)17/h10H,3-9H2,1-2H3,(H,16,17). The molecule has 1 aliphatic rings. The Hall–Kier alpha value is -1.10. The summed E-state index contributed by atoms with van der Waals surface area (Å²) in [5.74, 6) is -0.778. The van der Waals surface area contributed by atoms with Crippen LogP contribution in [-0.2, 0) is 9.59 Å². The van der Waals surface area contributed by atoms with Gasteiger partial charge in [-0.1, -0.05) is 6.42 Å². The second-order valence-corrected chi connectivity index (χ2v) is 4.39. The minimum Gasteiger partial charge on any atom is -0.480 e. The molecule has 17 heavy (non-hydrogen) atoms. The first-order valence-electron chi connectivity index (χ1n) is 6.34. The largest absolute Gasteiger partial charge is 0.480 e. The van der Waals surface area contributed by atoms with Gasteiger partial charge in [0.2, 0.25) is 5.91 Å². The van der Waals surface area contributed by atoms with E-state index in [4.69, 9.17) is 5.11 Å². The van der Waals surface area contributed by atoms with Crippen molar-refractivity contribution in [1.29, 1.82) is 0 Å². The molecule has 98 valence electrons. The van der Waals surface area contributed by atoms with Gasteiger partial charge in [-0.05, 0) is 33.2 Å². The van der Waals surface area contributed by atoms with Crippen molar-refractivity contribution in [1.82, 2.24) is 9.80 Å². The van der Waals surface area contributed by atoms with Gasteiger partial charge in [0.15, 0.2) is 0 Å². The van der Waals surface area contributed by atoms with E-state index in [1.54, 1.807) is 9.80 Å². The van der Waals surface area contributed by atoms with Crippen LogP contribution in [0.2, 0.25) is 0 Å². The van der Waals surface area contributed by atoms with Gasteiger partial charge in [-0.15, -0.1) is 0 Å². The SMILES string of the molecule is CCN(CC)C(=O)CN1CCCCC1C(=O)O. The third-order valence-corrected chi connectivity index (χ3v) is 3.35. The molecule has 0 radical (unpaired) electrons. The maximum Gasteiger partial charge on any atom is 0.320 e. The molecule has 0 aromatic rings. The van der Waals surface area contributed by atoms with Crippen LogP contribution in [0.15, 0.2) is 0 Å². The number of hydrogen-bond acceptors (Lipinski definition) is 3. The lowest BCUT2D eigenvalue weighted by Crippen LogP contribution is -2.49. The minimum atomic E-state index is -0.808. The Morgan fingerprint density at radius 3 is 2.47 bits per heavy atom. The summed E-state index contributed by atoms with van der Waals surface area (Å²) in [6.45, 7) is 6.18. The first kappa shape index (κ1) is 14.0. The van der Waals surface area contributed by atoms with Gasteiger partial charge in [0.1, 0.15) is 6.04 Å². The van der Waals surface area contributed by atoms with Gasteiger partial charge in [0.05, 0.1) is 6.54 Å². The molecule has 1 aliphatic heterocycles. The van der Waals surface area contributed by atoms with Crippen molar-refractivity contribution in [3.05, 3.63) is 0 Å². The number of piperidine rings is 1. The van der Waals surface area contributed by atoms with Gasteiger partial charge >= 0.3 is 5.97 Å². The van der Waals surface area contributed by atoms with E-state index in [0.717, 1.165) is 12.8 Å². The van der Waals surface area contributed by atoms with Crippen molar-refractivity contribution in [2.24, 2.45) is 0 Å². The van der Waals surface area contributed by atoms with E-state index in [1.165, 1.54) is 0 Å². The predicted molar refractivity (Wildman–Crippen MR) is 64.8 cm³/mol. The molecule has 5 heteroatoms. The number of amides is 1. The van der Waals surface area contributed by atoms with Crippen LogP contribution in [0.3, 0.4) is 0 Å². The lowest BCUT2D eigenvalue weighted by atomic mass is 10.0. The molecular weight excluding hydrogens is 220 g/mol. The van der Waals surface area contributed by atoms with Crippen LogP contribution < -0.4 is 0 Å². The number of likely N-dealkylation sites (tertiary alicyclic amines) is 1. The molecular formula is C12H22N2O3. The molecule has 1 amide bonds. The number of nitrogens with zero attached hydrogens (tertiary/aromatic N) is 2. The Kier molecular flexibility index (Phi) is 5.41. The highest BCUT2D eigenvalue weighted by Gasteiger charge is 2.30. The molecule has 0 aromatic carbocycles. The molecule has 1 N–H and O–H groups in total. The molecule has 0 aromatic heterocycles. The van der Waals surface area contributed by atoms with Crippen LogP contribution in [-0.4, -0.2) is 59.0 Å². The number of carboxylic acids is 1. The normalized spacial score (nSPS) is 21.2. The van der Waals surface area contributed by atoms with Gasteiger partial charge in [-0.2, -0.15) is 0 Å². The van der Waals surface area contributed by atoms with Crippen molar-refractivity contribution in [3.63, 3.8) is 0 Å². The smallest absolute Gasteiger partial charge is 0.320 e. The summed E-state index contributed by atoms with van der Waals surface area (Å²) in [6.07, 6.45) is 2.57. The van der Waals surface area contributed by atoms with Gasteiger partial charge in [0.25, 0.3) is 0 Å². The zero-order valence-electron chi connectivity index (χ0n) is 10.7. The molecule has 5 nitrogen and oxygen atoms in total. The maximum absolute atomic E-state index is 11.9. The summed E-state index contributed by atoms with van der Waals surface area (Å²) in [5, 5.41) is 9.11. The second-order valence-electron chi connectivity index (χ2n) is 4.39. The highest BCUT2D eigenvalue weighted by Crippen LogP contribution is 2.17. The number of likely N-dealkylation sites (N-methyl/N-ethyl adjacent to an activating group) is 1. The Labute approximate surface area is 102 Å². The van der Waals surface area contributed by atoms with E-state index in [1.807, 2.05) is 13.8 Å². The first-order valence-corrected chi connectivity index (χ1v) is 6.34. The molecule has 0 saturated carbocycles. The number of hydrogen-bond donors (Lipinski definition) is 1. The average Bonchev–Trinajstić information content (AvgIpc) is 2.31. The van der Waals surface area contributed by atoms with E-state index in [-0.39, 0.29) is 12.5 Å². The summed E-state index contributed by atoms with van der Waals surface area (Å²) < 4.78 is 0. The van der Waals surface area contributed by atoms with Crippen LogP contribution in [0.5, 0.6) is 0 Å². The van der Waals surface area contributed by atoms with Crippen LogP contribution in [0.4, 0.5) is 0 Å². The summed E-state index contributed by atoms with van der Waals surface area (Å²) >= 11 is 0. The highest BCUT2D eigenvalue weighted by atomic mass is 16.4. The third-order valence-electron chi connectivity index (χ3n) is 3.35. The topological polar surface area (TPSA) is 60.9 Å². The zero-order chi connectivity index (χ0) is 12.8. The van der Waals surface area contributed by atoms with Crippen molar-refractivity contribution in [2.75, 3.05) is 26.2 Å². The number of carboxylic acid groups (broad SMARTS) is 1. The maximum atomic E-state index is 11.9. The highest BCUT2D eigenvalue weighted by molar-refractivity contribution is 5.80. The molecule has 1 saturated heterocycles. The van der Waals surface area contributed by atoms with E-state index < -0.39 is 12.0 Å². The molecule has 1 atom stereocenters. The van der Waals surface area contributed by atoms with Crippen LogP contribution in [0.25, 0.3) is 0 Å². The number of rotatable bonds is 5. The molecule has 1 rings (SSSR count). The van der Waals surface area contributed by atoms with Gasteiger partial charge in [-0.3, -0.25) is 14.5 Å². The Morgan fingerprint density at radius 1 is 1.29 bits per heavy atom. The molecule has 1 unspecified atom stereocenters. The Bertz CT molecular complexity index is 277. The van der Waals surface area contributed by atoms with E-state index in [2.05, 4.69) is 0 Å². The molecule has 0 aliphatic carbocycles. The summed E-state index contributed by atoms with van der Waals surface area (Å²) in [5.41, 5.74) is 0. The van der Waals surface area contributed by atoms with Crippen LogP contribution >= 0.6 is 0 Å². The fourth-order valence-corrected chi connectivity index (χ4v) is 2.31. The monoisotopic (exact) mass is 242 g/mol. The summed E-state index contributed by atoms with van der Waals surface area (Å²) in [7, 11) is 0. The number of carbonyl (C=O) groups is 2. The second kappa shape index (κ2) is 6.59. The van der Waals surface area contributed by atoms with Crippen LogP contribution in [0, 0.1) is 0 Å². The first-order chi connectivity index (χ1) is 8.10. The number of carbonyl (C=O) groups excluding carboxylic acids is 1. The Balaban J connectivity index is 2.58. The summed E-state index contributed by atoms with van der Waals surface area (Å²) in [4.78, 5) is 26.6. The molecule has 1 heterocycles. The van der Waals surface area contributed by atoms with Crippen LogP contribution in [0.1, 0.15) is 33.1 Å². The molecule has 1 fully saturated rings. The quantitative estimate of drug-likeness (QED) is 0.774. The van der Waals surface area contributed by atoms with Crippen molar-refractivity contribution < 1.29 is 14.7 Å².